The van der Waals surface area contributed by atoms with Crippen molar-refractivity contribution in [2.45, 2.75) is 0 Å². The molecule has 2 heterocycles. The van der Waals surface area contributed by atoms with Crippen LogP contribution in [0.4, 0.5) is 0 Å². The molecule has 0 bridgehead atoms. The van der Waals surface area contributed by atoms with Crippen molar-refractivity contribution in [3.05, 3.63) is 47.0 Å². The minimum absolute atomic E-state index is 0.0282. The zero-order valence-electron chi connectivity index (χ0n) is 14.9. The molecule has 1 aliphatic heterocycles. The number of aldehydes is 1. The summed E-state index contributed by atoms with van der Waals surface area (Å²) < 4.78 is 0. The van der Waals surface area contributed by atoms with Crippen molar-refractivity contribution >= 4 is 34.3 Å². The van der Waals surface area contributed by atoms with Crippen molar-refractivity contribution in [1.29, 1.82) is 0 Å². The normalized spacial score (nSPS) is 15.2. The number of carbonyl (C=O) groups excluding carboxylic acids is 2. The van der Waals surface area contributed by atoms with Crippen LogP contribution >= 0.6 is 11.3 Å². The molecular weight excluding hydrogens is 362 g/mol. The van der Waals surface area contributed by atoms with Crippen LogP contribution in [0.25, 0.3) is 21.3 Å². The van der Waals surface area contributed by atoms with E-state index in [0.29, 0.717) is 16.5 Å². The monoisotopic (exact) mass is 381 g/mol. The van der Waals surface area contributed by atoms with Crippen molar-refractivity contribution in [2.24, 2.45) is 0 Å². The summed E-state index contributed by atoms with van der Waals surface area (Å²) in [5, 5.41) is 12.1. The first-order valence-corrected chi connectivity index (χ1v) is 9.53. The lowest BCUT2D eigenvalue weighted by molar-refractivity contribution is 0.0668. The van der Waals surface area contributed by atoms with E-state index >= 15 is 0 Å². The van der Waals surface area contributed by atoms with Crippen molar-refractivity contribution in [1.82, 2.24) is 14.8 Å². The third kappa shape index (κ3) is 3.31. The predicted octanol–water partition coefficient (Wildman–Crippen LogP) is 2.87. The van der Waals surface area contributed by atoms with E-state index in [9.17, 15) is 14.7 Å². The van der Waals surface area contributed by atoms with Gasteiger partial charge in [-0.3, -0.25) is 9.59 Å². The van der Waals surface area contributed by atoms with Gasteiger partial charge in [-0.05, 0) is 30.0 Å². The molecule has 4 rings (SSSR count). The summed E-state index contributed by atoms with van der Waals surface area (Å²) in [6.07, 6.45) is 2.30. The Hall–Kier alpha value is -2.77. The quantitative estimate of drug-likeness (QED) is 0.706. The molecule has 138 valence electrons. The lowest BCUT2D eigenvalue weighted by atomic mass is 10.0. The van der Waals surface area contributed by atoms with E-state index < -0.39 is 0 Å². The number of nitrogens with zero attached hydrogens (tertiary/aromatic N) is 3. The molecule has 27 heavy (non-hydrogen) atoms. The van der Waals surface area contributed by atoms with Gasteiger partial charge in [0, 0.05) is 31.7 Å². The lowest BCUT2D eigenvalue weighted by Crippen LogP contribution is -2.46. The van der Waals surface area contributed by atoms with Crippen LogP contribution in [-0.2, 0) is 0 Å². The summed E-state index contributed by atoms with van der Waals surface area (Å²) in [7, 11) is 2.06. The first-order valence-electron chi connectivity index (χ1n) is 8.72. The number of benzene rings is 2. The summed E-state index contributed by atoms with van der Waals surface area (Å²) in [6, 6.07) is 8.87. The third-order valence-corrected chi connectivity index (χ3v) is 5.94. The third-order valence-electron chi connectivity index (χ3n) is 4.91. The Kier molecular flexibility index (Phi) is 4.63. The molecule has 1 aromatic heterocycles. The first-order chi connectivity index (χ1) is 13.1. The van der Waals surface area contributed by atoms with Crippen molar-refractivity contribution < 1.29 is 14.7 Å². The molecule has 1 N–H and O–H groups in total. The molecule has 1 amide bonds. The highest BCUT2D eigenvalue weighted by Crippen LogP contribution is 2.32. The SMILES string of the molecule is CN1CCN(C(=O)c2cnc(-c3ccc4c(C=O)c(O)ccc4c3)s2)CC1. The molecule has 0 saturated carbocycles. The van der Waals surface area contributed by atoms with Gasteiger partial charge in [0.1, 0.15) is 15.6 Å². The number of fused-ring (bicyclic) bond motifs is 1. The van der Waals surface area contributed by atoms with Crippen LogP contribution < -0.4 is 0 Å². The summed E-state index contributed by atoms with van der Waals surface area (Å²) >= 11 is 1.38. The van der Waals surface area contributed by atoms with E-state index in [4.69, 9.17) is 0 Å². The highest BCUT2D eigenvalue weighted by molar-refractivity contribution is 7.16. The molecule has 2 aromatic carbocycles. The van der Waals surface area contributed by atoms with E-state index in [1.165, 1.54) is 17.4 Å². The van der Waals surface area contributed by atoms with E-state index in [2.05, 4.69) is 16.9 Å². The van der Waals surface area contributed by atoms with E-state index in [1.54, 1.807) is 18.3 Å². The molecule has 0 radical (unpaired) electrons. The van der Waals surface area contributed by atoms with Crippen LogP contribution in [0.15, 0.2) is 36.5 Å². The Morgan fingerprint density at radius 1 is 1.19 bits per heavy atom. The number of aromatic hydroxyl groups is 1. The Morgan fingerprint density at radius 3 is 2.70 bits per heavy atom. The van der Waals surface area contributed by atoms with Crippen LogP contribution in [0.3, 0.4) is 0 Å². The van der Waals surface area contributed by atoms with Gasteiger partial charge in [0.15, 0.2) is 6.29 Å². The second-order valence-corrected chi connectivity index (χ2v) is 7.71. The predicted molar refractivity (Wildman–Crippen MR) is 106 cm³/mol. The van der Waals surface area contributed by atoms with Gasteiger partial charge in [0.05, 0.1) is 11.8 Å². The molecule has 1 aliphatic rings. The summed E-state index contributed by atoms with van der Waals surface area (Å²) in [4.78, 5) is 33.1. The molecule has 0 atom stereocenters. The van der Waals surface area contributed by atoms with Gasteiger partial charge in [-0.15, -0.1) is 11.3 Å². The van der Waals surface area contributed by atoms with Crippen LogP contribution in [0.2, 0.25) is 0 Å². The van der Waals surface area contributed by atoms with Gasteiger partial charge in [0.2, 0.25) is 0 Å². The van der Waals surface area contributed by atoms with Crippen molar-refractivity contribution in [3.63, 3.8) is 0 Å². The van der Waals surface area contributed by atoms with Gasteiger partial charge >= 0.3 is 0 Å². The number of aromatic nitrogens is 1. The fraction of sp³-hybridized carbons (Fsp3) is 0.250. The zero-order valence-corrected chi connectivity index (χ0v) is 15.7. The van der Waals surface area contributed by atoms with Crippen LogP contribution in [0.5, 0.6) is 5.75 Å². The zero-order chi connectivity index (χ0) is 19.0. The topological polar surface area (TPSA) is 73.7 Å². The molecule has 0 unspecified atom stereocenters. The maximum atomic E-state index is 12.7. The Balaban J connectivity index is 1.62. The molecule has 0 spiro atoms. The van der Waals surface area contributed by atoms with Crippen LogP contribution in [0.1, 0.15) is 20.0 Å². The Morgan fingerprint density at radius 2 is 1.96 bits per heavy atom. The van der Waals surface area contributed by atoms with Gasteiger partial charge in [-0.1, -0.05) is 18.2 Å². The molecule has 7 heteroatoms. The van der Waals surface area contributed by atoms with Crippen molar-refractivity contribution in [3.8, 4) is 16.3 Å². The minimum Gasteiger partial charge on any atom is -0.507 e. The van der Waals surface area contributed by atoms with Crippen LogP contribution in [-0.4, -0.2) is 65.3 Å². The average molecular weight is 381 g/mol. The molecule has 1 saturated heterocycles. The number of phenolic OH excluding ortho intramolecular Hbond substituents is 1. The number of amides is 1. The largest absolute Gasteiger partial charge is 0.507 e. The molecule has 6 nitrogen and oxygen atoms in total. The highest BCUT2D eigenvalue weighted by Gasteiger charge is 2.22. The number of rotatable bonds is 3. The maximum Gasteiger partial charge on any atom is 0.265 e. The number of likely N-dealkylation sites (N-methyl/N-ethyl adjacent to an activating group) is 1. The smallest absolute Gasteiger partial charge is 0.265 e. The van der Waals surface area contributed by atoms with Gasteiger partial charge < -0.3 is 14.9 Å². The molecule has 1 fully saturated rings. The fourth-order valence-electron chi connectivity index (χ4n) is 3.27. The lowest BCUT2D eigenvalue weighted by Gasteiger charge is -2.32. The second kappa shape index (κ2) is 7.09. The van der Waals surface area contributed by atoms with Gasteiger partial charge in [0.25, 0.3) is 5.91 Å². The summed E-state index contributed by atoms with van der Waals surface area (Å²) in [6.45, 7) is 3.23. The summed E-state index contributed by atoms with van der Waals surface area (Å²) in [5.74, 6) is 0.000334. The summed E-state index contributed by atoms with van der Waals surface area (Å²) in [5.41, 5.74) is 1.16. The number of thiazole rings is 1. The number of piperazine rings is 1. The molecular formula is C20H19N3O3S. The standard InChI is InChI=1S/C20H19N3O3S/c1-22-6-8-23(9-7-22)20(26)18-11-21-19(27-18)14-2-4-15-13(10-14)3-5-17(25)16(15)12-24/h2-5,10-12,25H,6-9H2,1H3. The van der Waals surface area contributed by atoms with Gasteiger partial charge in [-0.2, -0.15) is 0 Å². The number of phenols is 1. The maximum absolute atomic E-state index is 12.7. The van der Waals surface area contributed by atoms with Crippen LogP contribution in [0, 0.1) is 0 Å². The Bertz CT molecular complexity index is 1020. The number of carbonyl (C=O) groups is 2. The van der Waals surface area contributed by atoms with E-state index in [0.717, 1.165) is 42.1 Å². The van der Waals surface area contributed by atoms with E-state index in [-0.39, 0.29) is 17.2 Å². The van der Waals surface area contributed by atoms with Gasteiger partial charge in [-0.25, -0.2) is 4.98 Å². The van der Waals surface area contributed by atoms with Crippen molar-refractivity contribution in [2.75, 3.05) is 33.2 Å². The second-order valence-electron chi connectivity index (χ2n) is 6.68. The Labute approximate surface area is 160 Å². The number of hydrogen-bond acceptors (Lipinski definition) is 6. The molecule has 0 aliphatic carbocycles. The minimum atomic E-state index is -0.0282. The fourth-order valence-corrected chi connectivity index (χ4v) is 4.15. The first kappa shape index (κ1) is 17.6. The average Bonchev–Trinajstić information content (AvgIpc) is 3.18. The molecule has 3 aromatic rings. The van der Waals surface area contributed by atoms with E-state index in [1.807, 2.05) is 17.0 Å². The number of hydrogen-bond donors (Lipinski definition) is 1. The highest BCUT2D eigenvalue weighted by atomic mass is 32.1.